The van der Waals surface area contributed by atoms with E-state index in [0.29, 0.717) is 18.5 Å². The Hall–Kier alpha value is -3.11. The van der Waals surface area contributed by atoms with Gasteiger partial charge in [0.15, 0.2) is 4.90 Å². The number of carbonyl (C=O) groups excluding carboxylic acids is 2. The molecule has 2 aromatic rings. The van der Waals surface area contributed by atoms with E-state index in [1.54, 1.807) is 30.3 Å². The van der Waals surface area contributed by atoms with Gasteiger partial charge in [0.25, 0.3) is 11.6 Å². The summed E-state index contributed by atoms with van der Waals surface area (Å²) in [6.45, 7) is 1.52. The third-order valence-corrected chi connectivity index (χ3v) is 7.51. The van der Waals surface area contributed by atoms with Crippen molar-refractivity contribution in [1.82, 2.24) is 4.72 Å². The van der Waals surface area contributed by atoms with E-state index in [1.807, 2.05) is 0 Å². The Balaban J connectivity index is 1.87. The molecule has 0 heterocycles. The summed E-state index contributed by atoms with van der Waals surface area (Å²) in [5, 5.41) is 13.9. The van der Waals surface area contributed by atoms with Crippen molar-refractivity contribution in [2.24, 2.45) is 11.8 Å². The second-order valence-corrected chi connectivity index (χ2v) is 9.93. The summed E-state index contributed by atoms with van der Waals surface area (Å²) in [5.41, 5.74) is -0.0917. The van der Waals surface area contributed by atoms with Crippen LogP contribution >= 0.6 is 0 Å². The minimum Gasteiger partial charge on any atom is -0.319 e. The lowest BCUT2D eigenvalue weighted by molar-refractivity contribution is -0.387. The molecule has 10 heteroatoms. The largest absolute Gasteiger partial charge is 0.319 e. The highest BCUT2D eigenvalue weighted by Crippen LogP contribution is 2.32. The Kier molecular flexibility index (Phi) is 7.93. The number of nitro groups is 1. The van der Waals surface area contributed by atoms with E-state index in [2.05, 4.69) is 10.0 Å². The average molecular weight is 474 g/mol. The molecule has 0 aromatic heterocycles. The molecule has 2 aromatic carbocycles. The van der Waals surface area contributed by atoms with Crippen LogP contribution in [0.2, 0.25) is 0 Å². The van der Waals surface area contributed by atoms with E-state index in [1.165, 1.54) is 19.1 Å². The first-order valence-corrected chi connectivity index (χ1v) is 12.3. The van der Waals surface area contributed by atoms with E-state index in [9.17, 15) is 28.1 Å². The topological polar surface area (TPSA) is 135 Å². The van der Waals surface area contributed by atoms with Gasteiger partial charge in [-0.3, -0.25) is 19.7 Å². The fraction of sp³-hybridized carbons (Fsp3) is 0.391. The molecular formula is C23H27N3O6S. The van der Waals surface area contributed by atoms with Gasteiger partial charge in [0.05, 0.1) is 4.92 Å². The van der Waals surface area contributed by atoms with Gasteiger partial charge < -0.3 is 5.32 Å². The van der Waals surface area contributed by atoms with Gasteiger partial charge in [0.2, 0.25) is 15.8 Å². The van der Waals surface area contributed by atoms with Crippen LogP contribution in [-0.2, 0) is 19.6 Å². The van der Waals surface area contributed by atoms with Crippen LogP contribution in [-0.4, -0.2) is 31.1 Å². The third kappa shape index (κ3) is 6.02. The van der Waals surface area contributed by atoms with Crippen LogP contribution in [0, 0.1) is 22.0 Å². The molecule has 176 valence electrons. The SMILES string of the molecule is C[C@H](C(=O)C(=O)Nc1ccccc1)[C@@H](NS(=O)(=O)c1ccccc1[N+](=O)[O-])C1CCCCC1. The fourth-order valence-electron chi connectivity index (χ4n) is 4.26. The van der Waals surface area contributed by atoms with Crippen molar-refractivity contribution in [1.29, 1.82) is 0 Å². The summed E-state index contributed by atoms with van der Waals surface area (Å²) in [6.07, 6.45) is 4.16. The molecule has 0 aliphatic heterocycles. The summed E-state index contributed by atoms with van der Waals surface area (Å²) in [7, 11) is -4.32. The fourth-order valence-corrected chi connectivity index (χ4v) is 5.82. The molecule has 2 N–H and O–H groups in total. The summed E-state index contributed by atoms with van der Waals surface area (Å²) in [6, 6.07) is 12.7. The number of sulfonamides is 1. The number of amides is 1. The Bertz CT molecular complexity index is 1110. The van der Waals surface area contributed by atoms with Gasteiger partial charge in [-0.15, -0.1) is 0 Å². The number of nitro benzene ring substituents is 1. The predicted molar refractivity (Wildman–Crippen MR) is 123 cm³/mol. The van der Waals surface area contributed by atoms with Gasteiger partial charge in [-0.1, -0.05) is 56.5 Å². The number of ketones is 1. The van der Waals surface area contributed by atoms with Crippen molar-refractivity contribution >= 4 is 33.1 Å². The first kappa shape index (κ1) is 24.5. The van der Waals surface area contributed by atoms with Crippen molar-refractivity contribution in [3.63, 3.8) is 0 Å². The molecule has 0 radical (unpaired) electrons. The monoisotopic (exact) mass is 473 g/mol. The summed E-state index contributed by atoms with van der Waals surface area (Å²) >= 11 is 0. The molecule has 2 atom stereocenters. The molecule has 3 rings (SSSR count). The summed E-state index contributed by atoms with van der Waals surface area (Å²) < 4.78 is 28.9. The quantitative estimate of drug-likeness (QED) is 0.324. The lowest BCUT2D eigenvalue weighted by Crippen LogP contribution is -2.49. The normalized spacial score (nSPS) is 16.5. The van der Waals surface area contributed by atoms with Crippen LogP contribution in [0.4, 0.5) is 11.4 Å². The second kappa shape index (κ2) is 10.7. The summed E-state index contributed by atoms with van der Waals surface area (Å²) in [4.78, 5) is 35.7. The van der Waals surface area contributed by atoms with Crippen LogP contribution in [0.1, 0.15) is 39.0 Å². The number of rotatable bonds is 9. The minimum atomic E-state index is -4.32. The molecule has 0 unspecified atom stereocenters. The number of carbonyl (C=O) groups is 2. The van der Waals surface area contributed by atoms with Gasteiger partial charge in [0.1, 0.15) is 0 Å². The van der Waals surface area contributed by atoms with E-state index in [-0.39, 0.29) is 5.92 Å². The maximum atomic E-state index is 13.2. The van der Waals surface area contributed by atoms with Crippen molar-refractivity contribution in [3.05, 3.63) is 64.7 Å². The Morgan fingerprint density at radius 2 is 1.61 bits per heavy atom. The van der Waals surface area contributed by atoms with Gasteiger partial charge in [-0.25, -0.2) is 13.1 Å². The highest BCUT2D eigenvalue weighted by molar-refractivity contribution is 7.89. The maximum absolute atomic E-state index is 13.2. The van der Waals surface area contributed by atoms with Crippen LogP contribution in [0.25, 0.3) is 0 Å². The molecule has 1 saturated carbocycles. The number of nitrogens with one attached hydrogen (secondary N) is 2. The van der Waals surface area contributed by atoms with Crippen molar-refractivity contribution in [2.75, 3.05) is 5.32 Å². The molecule has 1 aliphatic carbocycles. The molecule has 33 heavy (non-hydrogen) atoms. The van der Waals surface area contributed by atoms with Crippen LogP contribution in [0.5, 0.6) is 0 Å². The lowest BCUT2D eigenvalue weighted by Gasteiger charge is -2.33. The van der Waals surface area contributed by atoms with Crippen molar-refractivity contribution in [3.8, 4) is 0 Å². The molecule has 1 fully saturated rings. The number of hydrogen-bond donors (Lipinski definition) is 2. The Labute approximate surface area is 192 Å². The molecule has 0 saturated heterocycles. The lowest BCUT2D eigenvalue weighted by atomic mass is 9.78. The van der Waals surface area contributed by atoms with Crippen LogP contribution in [0.3, 0.4) is 0 Å². The van der Waals surface area contributed by atoms with Gasteiger partial charge in [0, 0.05) is 23.7 Å². The molecule has 1 aliphatic rings. The number of Topliss-reactive ketones (excluding diaryl/α,β-unsaturated/α-hetero) is 1. The summed E-state index contributed by atoms with van der Waals surface area (Å²) in [5.74, 6) is -2.71. The van der Waals surface area contributed by atoms with E-state index >= 15 is 0 Å². The maximum Gasteiger partial charge on any atom is 0.292 e. The first-order chi connectivity index (χ1) is 15.7. The van der Waals surface area contributed by atoms with Crippen LogP contribution in [0.15, 0.2) is 59.5 Å². The number of anilines is 1. The van der Waals surface area contributed by atoms with Gasteiger partial charge >= 0.3 is 0 Å². The number of nitrogens with zero attached hydrogens (tertiary/aromatic N) is 1. The van der Waals surface area contributed by atoms with E-state index < -0.39 is 49.2 Å². The predicted octanol–water partition coefficient (Wildman–Crippen LogP) is 3.67. The van der Waals surface area contributed by atoms with Crippen molar-refractivity contribution in [2.45, 2.75) is 50.0 Å². The molecule has 0 spiro atoms. The standard InChI is InChI=1S/C23H27N3O6S/c1-16(22(27)23(28)24-18-12-6-3-7-13-18)21(17-10-4-2-5-11-17)25-33(31,32)20-15-9-8-14-19(20)26(29)30/h3,6-9,12-17,21,25H,2,4-5,10-11H2,1H3,(H,24,28)/t16-,21+/m0/s1. The molecular weight excluding hydrogens is 446 g/mol. The number of para-hydroxylation sites is 2. The van der Waals surface area contributed by atoms with Gasteiger partial charge in [-0.05, 0) is 37.0 Å². The zero-order valence-corrected chi connectivity index (χ0v) is 19.1. The minimum absolute atomic E-state index is 0.167. The number of benzene rings is 2. The van der Waals surface area contributed by atoms with E-state index in [0.717, 1.165) is 31.4 Å². The molecule has 9 nitrogen and oxygen atoms in total. The Morgan fingerprint density at radius 3 is 2.24 bits per heavy atom. The first-order valence-electron chi connectivity index (χ1n) is 10.9. The smallest absolute Gasteiger partial charge is 0.292 e. The third-order valence-electron chi connectivity index (χ3n) is 6.01. The zero-order chi connectivity index (χ0) is 24.0. The van der Waals surface area contributed by atoms with Gasteiger partial charge in [-0.2, -0.15) is 0 Å². The average Bonchev–Trinajstić information content (AvgIpc) is 2.82. The van der Waals surface area contributed by atoms with Crippen LogP contribution < -0.4 is 10.0 Å². The molecule has 1 amide bonds. The number of hydrogen-bond acceptors (Lipinski definition) is 6. The molecule has 0 bridgehead atoms. The zero-order valence-electron chi connectivity index (χ0n) is 18.3. The highest BCUT2D eigenvalue weighted by atomic mass is 32.2. The van der Waals surface area contributed by atoms with Crippen molar-refractivity contribution < 1.29 is 22.9 Å². The second-order valence-electron chi connectivity index (χ2n) is 8.24. The van der Waals surface area contributed by atoms with E-state index in [4.69, 9.17) is 0 Å². The highest BCUT2D eigenvalue weighted by Gasteiger charge is 2.38. The Morgan fingerprint density at radius 1 is 1.00 bits per heavy atom.